The summed E-state index contributed by atoms with van der Waals surface area (Å²) in [6.07, 6.45) is 2.72. The Hall–Kier alpha value is -3.56. The number of nitrogens with zero attached hydrogens (tertiary/aromatic N) is 6. The first-order valence-corrected chi connectivity index (χ1v) is 11.7. The maximum Gasteiger partial charge on any atom is 0.227 e. The molecule has 35 heavy (non-hydrogen) atoms. The third kappa shape index (κ3) is 5.41. The lowest BCUT2D eigenvalue weighted by molar-refractivity contribution is 0.401. The summed E-state index contributed by atoms with van der Waals surface area (Å²) in [6, 6.07) is 11.2. The molecule has 3 N–H and O–H groups in total. The minimum absolute atomic E-state index is 0.414. The molecule has 0 aliphatic carbocycles. The second kappa shape index (κ2) is 10.4. The molecule has 4 aromatic rings. The summed E-state index contributed by atoms with van der Waals surface area (Å²) in [5.74, 6) is 1.78. The van der Waals surface area contributed by atoms with Crippen LogP contribution in [0.3, 0.4) is 0 Å². The number of nitrogen functional groups attached to an aromatic ring is 1. The quantitative estimate of drug-likeness (QED) is 0.330. The number of ether oxygens (including phenoxy) is 1. The fourth-order valence-corrected chi connectivity index (χ4v) is 4.16. The van der Waals surface area contributed by atoms with Gasteiger partial charge in [0.1, 0.15) is 11.4 Å². The summed E-state index contributed by atoms with van der Waals surface area (Å²) in [5.41, 5.74) is 11.1. The van der Waals surface area contributed by atoms with Crippen LogP contribution in [0.25, 0.3) is 22.6 Å². The lowest BCUT2D eigenvalue weighted by atomic mass is 10.2. The van der Waals surface area contributed by atoms with Crippen molar-refractivity contribution in [2.45, 2.75) is 6.42 Å². The van der Waals surface area contributed by atoms with Gasteiger partial charge in [0.15, 0.2) is 5.82 Å². The topological polar surface area (TPSA) is 97.4 Å². The van der Waals surface area contributed by atoms with E-state index in [1.165, 1.54) is 0 Å². The fourth-order valence-electron chi connectivity index (χ4n) is 3.99. The molecule has 0 radical (unpaired) electrons. The first-order valence-electron chi connectivity index (χ1n) is 11.3. The van der Waals surface area contributed by atoms with E-state index in [-0.39, 0.29) is 0 Å². The highest BCUT2D eigenvalue weighted by Crippen LogP contribution is 2.36. The first-order chi connectivity index (χ1) is 16.8. The van der Waals surface area contributed by atoms with Gasteiger partial charge in [0.2, 0.25) is 5.95 Å². The summed E-state index contributed by atoms with van der Waals surface area (Å²) in [7, 11) is 9.76. The summed E-state index contributed by atoms with van der Waals surface area (Å²) in [4.78, 5) is 18.1. The van der Waals surface area contributed by atoms with E-state index in [1.807, 2.05) is 55.1 Å². The van der Waals surface area contributed by atoms with E-state index >= 15 is 0 Å². The first kappa shape index (κ1) is 24.6. The molecule has 0 aliphatic heterocycles. The lowest BCUT2D eigenvalue weighted by Crippen LogP contribution is -2.24. The Morgan fingerprint density at radius 1 is 1.09 bits per heavy atom. The van der Waals surface area contributed by atoms with Gasteiger partial charge in [-0.25, -0.2) is 15.0 Å². The molecule has 9 nitrogen and oxygen atoms in total. The second-order valence-corrected chi connectivity index (χ2v) is 9.14. The predicted molar refractivity (Wildman–Crippen MR) is 144 cm³/mol. The number of hydrogen-bond acceptors (Lipinski definition) is 8. The third-order valence-corrected chi connectivity index (χ3v) is 6.07. The SMILES string of the molecule is COc1cc(N(C)CCCN(C)C)c(N)cc1Nc1nccc(-c2nc3cc(Cl)ccc3n2C)n1. The van der Waals surface area contributed by atoms with Crippen LogP contribution in [-0.2, 0) is 7.05 Å². The Balaban J connectivity index is 1.60. The van der Waals surface area contributed by atoms with Gasteiger partial charge in [-0.3, -0.25) is 0 Å². The van der Waals surface area contributed by atoms with Crippen LogP contribution in [0.15, 0.2) is 42.6 Å². The van der Waals surface area contributed by atoms with E-state index in [0.29, 0.717) is 39.6 Å². The number of anilines is 4. The summed E-state index contributed by atoms with van der Waals surface area (Å²) < 4.78 is 7.64. The molecular weight excluding hydrogens is 464 g/mol. The van der Waals surface area contributed by atoms with Crippen molar-refractivity contribution in [2.75, 3.05) is 57.3 Å². The average molecular weight is 495 g/mol. The number of methoxy groups -OCH3 is 1. The van der Waals surface area contributed by atoms with Crippen molar-refractivity contribution in [1.82, 2.24) is 24.4 Å². The van der Waals surface area contributed by atoms with E-state index in [0.717, 1.165) is 36.2 Å². The number of nitrogens with one attached hydrogen (secondary N) is 1. The fraction of sp³-hybridized carbons (Fsp3) is 0.320. The number of aryl methyl sites for hydroxylation is 1. The normalized spacial score (nSPS) is 11.3. The monoisotopic (exact) mass is 494 g/mol. The molecule has 4 rings (SSSR count). The second-order valence-electron chi connectivity index (χ2n) is 8.71. The van der Waals surface area contributed by atoms with Gasteiger partial charge in [-0.05, 0) is 57.4 Å². The van der Waals surface area contributed by atoms with Crippen molar-refractivity contribution in [2.24, 2.45) is 7.05 Å². The molecule has 2 heterocycles. The Labute approximate surface area is 210 Å². The number of halogens is 1. The van der Waals surface area contributed by atoms with Crippen LogP contribution in [0.1, 0.15) is 6.42 Å². The molecule has 0 aliphatic rings. The van der Waals surface area contributed by atoms with Gasteiger partial charge < -0.3 is 30.2 Å². The molecule has 2 aromatic heterocycles. The molecule has 0 saturated heterocycles. The number of aromatic nitrogens is 4. The van der Waals surface area contributed by atoms with E-state index < -0.39 is 0 Å². The molecule has 0 saturated carbocycles. The standard InChI is InChI=1S/C25H31ClN8O/c1-32(2)11-6-12-33(3)22-15-23(35-5)20(14-17(22)27)31-25-28-10-9-18(30-25)24-29-19-13-16(26)7-8-21(19)34(24)4/h7-10,13-15H,6,11-12,27H2,1-5H3,(H,28,30,31). The van der Waals surface area contributed by atoms with Crippen molar-refractivity contribution < 1.29 is 4.74 Å². The zero-order chi connectivity index (χ0) is 25.1. The highest BCUT2D eigenvalue weighted by molar-refractivity contribution is 6.31. The molecule has 0 amide bonds. The molecule has 2 aromatic carbocycles. The Morgan fingerprint density at radius 2 is 1.89 bits per heavy atom. The third-order valence-electron chi connectivity index (χ3n) is 5.83. The molecule has 10 heteroatoms. The van der Waals surface area contributed by atoms with E-state index in [1.54, 1.807) is 13.3 Å². The van der Waals surface area contributed by atoms with Gasteiger partial charge >= 0.3 is 0 Å². The zero-order valence-electron chi connectivity index (χ0n) is 20.7. The number of nitrogens with two attached hydrogens (primary N) is 1. The minimum atomic E-state index is 0.414. The highest BCUT2D eigenvalue weighted by atomic mass is 35.5. The smallest absolute Gasteiger partial charge is 0.227 e. The van der Waals surface area contributed by atoms with E-state index in [9.17, 15) is 0 Å². The molecular formula is C25H31ClN8O. The van der Waals surface area contributed by atoms with Crippen LogP contribution in [0.2, 0.25) is 5.02 Å². The summed E-state index contributed by atoms with van der Waals surface area (Å²) in [6.45, 7) is 1.89. The lowest BCUT2D eigenvalue weighted by Gasteiger charge is -2.24. The van der Waals surface area contributed by atoms with Crippen LogP contribution >= 0.6 is 11.6 Å². The van der Waals surface area contributed by atoms with Crippen molar-refractivity contribution in [3.63, 3.8) is 0 Å². The molecule has 184 valence electrons. The Morgan fingerprint density at radius 3 is 2.63 bits per heavy atom. The largest absolute Gasteiger partial charge is 0.494 e. The van der Waals surface area contributed by atoms with Gasteiger partial charge in [-0.15, -0.1) is 0 Å². The van der Waals surface area contributed by atoms with Crippen molar-refractivity contribution >= 4 is 45.6 Å². The maximum atomic E-state index is 6.41. The van der Waals surface area contributed by atoms with Crippen LogP contribution in [-0.4, -0.2) is 65.8 Å². The van der Waals surface area contributed by atoms with Crippen LogP contribution in [0.4, 0.5) is 23.0 Å². The number of hydrogen-bond donors (Lipinski definition) is 2. The van der Waals surface area contributed by atoms with Crippen molar-refractivity contribution in [3.8, 4) is 17.3 Å². The van der Waals surface area contributed by atoms with E-state index in [4.69, 9.17) is 27.1 Å². The molecule has 0 unspecified atom stereocenters. The summed E-state index contributed by atoms with van der Waals surface area (Å²) in [5, 5.41) is 3.89. The number of benzene rings is 2. The van der Waals surface area contributed by atoms with Crippen LogP contribution in [0, 0.1) is 0 Å². The predicted octanol–water partition coefficient (Wildman–Crippen LogP) is 4.41. The zero-order valence-corrected chi connectivity index (χ0v) is 21.5. The summed E-state index contributed by atoms with van der Waals surface area (Å²) >= 11 is 6.14. The molecule has 0 fully saturated rings. The van der Waals surface area contributed by atoms with Crippen molar-refractivity contribution in [3.05, 3.63) is 47.6 Å². The van der Waals surface area contributed by atoms with Gasteiger partial charge in [-0.1, -0.05) is 11.6 Å². The van der Waals surface area contributed by atoms with Gasteiger partial charge in [0.05, 0.1) is 35.2 Å². The number of imidazole rings is 1. The molecule has 0 bridgehead atoms. The van der Waals surface area contributed by atoms with Gasteiger partial charge in [-0.2, -0.15) is 0 Å². The van der Waals surface area contributed by atoms with Gasteiger partial charge in [0, 0.05) is 37.9 Å². The molecule has 0 atom stereocenters. The van der Waals surface area contributed by atoms with E-state index in [2.05, 4.69) is 39.2 Å². The van der Waals surface area contributed by atoms with Gasteiger partial charge in [0.25, 0.3) is 0 Å². The Kier molecular flexibility index (Phi) is 7.28. The Bertz CT molecular complexity index is 1340. The minimum Gasteiger partial charge on any atom is -0.494 e. The van der Waals surface area contributed by atoms with Crippen LogP contribution < -0.4 is 20.7 Å². The highest BCUT2D eigenvalue weighted by Gasteiger charge is 2.15. The van der Waals surface area contributed by atoms with Crippen LogP contribution in [0.5, 0.6) is 5.75 Å². The average Bonchev–Trinajstić information content (AvgIpc) is 3.14. The molecule has 0 spiro atoms. The van der Waals surface area contributed by atoms with Crippen molar-refractivity contribution in [1.29, 1.82) is 0 Å². The maximum absolute atomic E-state index is 6.41. The number of rotatable bonds is 9. The number of fused-ring (bicyclic) bond motifs is 1.